The molecule has 0 spiro atoms. The lowest BCUT2D eigenvalue weighted by Crippen LogP contribution is -2.43. The van der Waals surface area contributed by atoms with Gasteiger partial charge in [0.15, 0.2) is 5.75 Å². The first-order valence-electron chi connectivity index (χ1n) is 9.93. The van der Waals surface area contributed by atoms with Gasteiger partial charge in [-0.25, -0.2) is 8.78 Å². The number of hydrogen-bond acceptors (Lipinski definition) is 4. The number of benzene rings is 1. The van der Waals surface area contributed by atoms with E-state index in [0.717, 1.165) is 11.8 Å². The number of ether oxygens (including phenoxy) is 1. The monoisotopic (exact) mass is 453 g/mol. The fraction of sp³-hybridized carbons (Fsp3) is 0.409. The first kappa shape index (κ1) is 23.5. The van der Waals surface area contributed by atoms with Crippen molar-refractivity contribution in [1.29, 1.82) is 0 Å². The minimum Gasteiger partial charge on any atom is -0.432 e. The molecule has 172 valence electrons. The molecule has 0 bridgehead atoms. The molecule has 0 radical (unpaired) electrons. The summed E-state index contributed by atoms with van der Waals surface area (Å²) in [5, 5.41) is 2.49. The fourth-order valence-corrected chi connectivity index (χ4v) is 3.93. The van der Waals surface area contributed by atoms with Crippen LogP contribution >= 0.6 is 0 Å². The summed E-state index contributed by atoms with van der Waals surface area (Å²) in [6.07, 6.45) is -2.29. The SMILES string of the molecule is CC(C)c1ccccc1C1(C(=O)Nc2cnc(C(F)F)cc2OC(F)F)CC(=O)N(C)C1. The Labute approximate surface area is 182 Å². The van der Waals surface area contributed by atoms with E-state index in [2.05, 4.69) is 15.0 Å². The van der Waals surface area contributed by atoms with Crippen LogP contribution in [0.15, 0.2) is 36.5 Å². The van der Waals surface area contributed by atoms with Gasteiger partial charge in [0.1, 0.15) is 16.8 Å². The average Bonchev–Trinajstić information content (AvgIpc) is 3.04. The Kier molecular flexibility index (Phi) is 6.71. The Bertz CT molecular complexity index is 1020. The lowest BCUT2D eigenvalue weighted by Gasteiger charge is -2.31. The highest BCUT2D eigenvalue weighted by Crippen LogP contribution is 2.41. The maximum atomic E-state index is 13.6. The molecule has 2 aromatic rings. The zero-order chi connectivity index (χ0) is 23.6. The van der Waals surface area contributed by atoms with Crippen molar-refractivity contribution >= 4 is 17.5 Å². The molecule has 3 rings (SSSR count). The molecule has 1 fully saturated rings. The van der Waals surface area contributed by atoms with E-state index >= 15 is 0 Å². The Hall–Kier alpha value is -3.17. The Morgan fingerprint density at radius 3 is 2.47 bits per heavy atom. The Balaban J connectivity index is 2.06. The molecule has 1 aliphatic rings. The molecule has 1 aromatic heterocycles. The molecule has 6 nitrogen and oxygen atoms in total. The standard InChI is InChI=1S/C22H23F4N3O3/c1-12(2)13-6-4-5-7-14(13)22(9-18(30)29(3)11-22)20(31)28-16-10-27-15(19(23)24)8-17(16)32-21(25)26/h4-8,10,12,19,21H,9,11H2,1-3H3,(H,28,31). The van der Waals surface area contributed by atoms with E-state index in [0.29, 0.717) is 11.6 Å². The van der Waals surface area contributed by atoms with Crippen molar-refractivity contribution in [2.75, 3.05) is 18.9 Å². The van der Waals surface area contributed by atoms with Crippen LogP contribution in [0.4, 0.5) is 23.2 Å². The predicted molar refractivity (Wildman–Crippen MR) is 109 cm³/mol. The average molecular weight is 453 g/mol. The minimum atomic E-state index is -3.30. The number of likely N-dealkylation sites (tertiary alicyclic amines) is 1. The molecule has 1 saturated heterocycles. The first-order chi connectivity index (χ1) is 15.0. The molecular weight excluding hydrogens is 430 g/mol. The van der Waals surface area contributed by atoms with Crippen molar-refractivity contribution in [3.05, 3.63) is 53.3 Å². The maximum absolute atomic E-state index is 13.6. The second-order valence-electron chi connectivity index (χ2n) is 7.99. The van der Waals surface area contributed by atoms with E-state index in [-0.39, 0.29) is 30.5 Å². The Morgan fingerprint density at radius 2 is 1.91 bits per heavy atom. The van der Waals surface area contributed by atoms with Gasteiger partial charge in [0.25, 0.3) is 6.43 Å². The van der Waals surface area contributed by atoms with Crippen molar-refractivity contribution in [3.63, 3.8) is 0 Å². The highest BCUT2D eigenvalue weighted by atomic mass is 19.3. The number of likely N-dealkylation sites (N-methyl/N-ethyl adjacent to an activating group) is 1. The van der Waals surface area contributed by atoms with E-state index in [4.69, 9.17) is 0 Å². The predicted octanol–water partition coefficient (Wildman–Crippen LogP) is 4.48. The lowest BCUT2D eigenvalue weighted by molar-refractivity contribution is -0.127. The van der Waals surface area contributed by atoms with Gasteiger partial charge in [-0.3, -0.25) is 14.6 Å². The van der Waals surface area contributed by atoms with Crippen LogP contribution in [0.1, 0.15) is 49.4 Å². The van der Waals surface area contributed by atoms with Gasteiger partial charge in [-0.05, 0) is 17.0 Å². The van der Waals surface area contributed by atoms with Crippen LogP contribution < -0.4 is 10.1 Å². The molecule has 1 atom stereocenters. The summed E-state index contributed by atoms with van der Waals surface area (Å²) in [6, 6.07) is 7.86. The van der Waals surface area contributed by atoms with Gasteiger partial charge in [-0.15, -0.1) is 0 Å². The molecule has 1 aromatic carbocycles. The number of alkyl halides is 4. The second-order valence-corrected chi connectivity index (χ2v) is 7.99. The quantitative estimate of drug-likeness (QED) is 0.628. The van der Waals surface area contributed by atoms with Crippen LogP contribution in [0.3, 0.4) is 0 Å². The zero-order valence-electron chi connectivity index (χ0n) is 17.7. The smallest absolute Gasteiger partial charge is 0.387 e. The summed E-state index contributed by atoms with van der Waals surface area (Å²) in [4.78, 5) is 31.0. The highest BCUT2D eigenvalue weighted by molar-refractivity contribution is 6.05. The van der Waals surface area contributed by atoms with Crippen LogP contribution in [0.5, 0.6) is 5.75 Å². The van der Waals surface area contributed by atoms with E-state index in [9.17, 15) is 27.2 Å². The number of amides is 2. The maximum Gasteiger partial charge on any atom is 0.387 e. The largest absolute Gasteiger partial charge is 0.432 e. The summed E-state index contributed by atoms with van der Waals surface area (Å²) in [7, 11) is 1.57. The van der Waals surface area contributed by atoms with Gasteiger partial charge in [0.2, 0.25) is 11.8 Å². The van der Waals surface area contributed by atoms with E-state index in [1.165, 1.54) is 4.90 Å². The summed E-state index contributed by atoms with van der Waals surface area (Å²) >= 11 is 0. The molecule has 0 aliphatic carbocycles. The van der Waals surface area contributed by atoms with Gasteiger partial charge >= 0.3 is 6.61 Å². The normalized spacial score (nSPS) is 18.7. The number of carbonyl (C=O) groups is 2. The summed E-state index contributed by atoms with van der Waals surface area (Å²) in [5.41, 5.74) is -0.868. The molecular formula is C22H23F4N3O3. The second kappa shape index (κ2) is 9.13. The van der Waals surface area contributed by atoms with Crippen LogP contribution in [-0.2, 0) is 15.0 Å². The number of nitrogens with zero attached hydrogens (tertiary/aromatic N) is 2. The van der Waals surface area contributed by atoms with Crippen LogP contribution in [0.25, 0.3) is 0 Å². The van der Waals surface area contributed by atoms with Crippen molar-refractivity contribution in [3.8, 4) is 5.75 Å². The number of hydrogen-bond donors (Lipinski definition) is 1. The van der Waals surface area contributed by atoms with E-state index < -0.39 is 35.8 Å². The molecule has 32 heavy (non-hydrogen) atoms. The van der Waals surface area contributed by atoms with Gasteiger partial charge in [0.05, 0.1) is 6.20 Å². The van der Waals surface area contributed by atoms with Crippen LogP contribution in [0.2, 0.25) is 0 Å². The van der Waals surface area contributed by atoms with Crippen molar-refractivity contribution in [1.82, 2.24) is 9.88 Å². The van der Waals surface area contributed by atoms with Crippen molar-refractivity contribution < 1.29 is 31.9 Å². The number of pyridine rings is 1. The number of carbonyl (C=O) groups excluding carboxylic acids is 2. The van der Waals surface area contributed by atoms with Crippen LogP contribution in [0, 0.1) is 0 Å². The molecule has 2 heterocycles. The Morgan fingerprint density at radius 1 is 1.22 bits per heavy atom. The molecule has 1 unspecified atom stereocenters. The van der Waals surface area contributed by atoms with E-state index in [1.54, 1.807) is 19.2 Å². The lowest BCUT2D eigenvalue weighted by atomic mass is 9.74. The minimum absolute atomic E-state index is 0.0432. The summed E-state index contributed by atoms with van der Waals surface area (Å²) < 4.78 is 56.0. The van der Waals surface area contributed by atoms with E-state index in [1.807, 2.05) is 26.0 Å². The van der Waals surface area contributed by atoms with Crippen molar-refractivity contribution in [2.45, 2.75) is 44.6 Å². The third-order valence-electron chi connectivity index (χ3n) is 5.49. The first-order valence-corrected chi connectivity index (χ1v) is 9.93. The van der Waals surface area contributed by atoms with Gasteiger partial charge in [-0.1, -0.05) is 38.1 Å². The van der Waals surface area contributed by atoms with Gasteiger partial charge in [0, 0.05) is 26.1 Å². The topological polar surface area (TPSA) is 71.5 Å². The number of halogens is 4. The number of anilines is 1. The fourth-order valence-electron chi connectivity index (χ4n) is 3.93. The highest BCUT2D eigenvalue weighted by Gasteiger charge is 2.50. The summed E-state index contributed by atoms with van der Waals surface area (Å²) in [6.45, 7) is 0.668. The van der Waals surface area contributed by atoms with Crippen LogP contribution in [-0.4, -0.2) is 41.9 Å². The zero-order valence-corrected chi connectivity index (χ0v) is 17.7. The third kappa shape index (κ3) is 4.53. The third-order valence-corrected chi connectivity index (χ3v) is 5.49. The molecule has 10 heteroatoms. The molecule has 0 saturated carbocycles. The molecule has 1 N–H and O–H groups in total. The number of nitrogens with one attached hydrogen (secondary N) is 1. The number of rotatable bonds is 7. The van der Waals surface area contributed by atoms with Crippen molar-refractivity contribution in [2.24, 2.45) is 0 Å². The molecule has 2 amide bonds. The van der Waals surface area contributed by atoms with Gasteiger partial charge < -0.3 is 15.0 Å². The van der Waals surface area contributed by atoms with Gasteiger partial charge in [-0.2, -0.15) is 8.78 Å². The summed E-state index contributed by atoms with van der Waals surface area (Å²) in [5.74, 6) is -1.49. The number of aromatic nitrogens is 1. The molecule has 1 aliphatic heterocycles.